The minimum atomic E-state index is -0.953. The average molecular weight is 199 g/mol. The second-order valence-electron chi connectivity index (χ2n) is 2.89. The van der Waals surface area contributed by atoms with Crippen LogP contribution in [0.4, 0.5) is 0 Å². The minimum Gasteiger partial charge on any atom is -0.478 e. The molecular formula is C8H11N2O4+. The number of aliphatic carboxylic acids is 2. The van der Waals surface area contributed by atoms with Gasteiger partial charge < -0.3 is 10.2 Å². The molecule has 0 aliphatic heterocycles. The van der Waals surface area contributed by atoms with Crippen LogP contribution in [0, 0.1) is 6.92 Å². The number of aromatic nitrogens is 2. The van der Waals surface area contributed by atoms with Gasteiger partial charge in [-0.1, -0.05) is 0 Å². The molecule has 14 heavy (non-hydrogen) atoms. The van der Waals surface area contributed by atoms with Crippen molar-refractivity contribution < 1.29 is 24.4 Å². The quantitative estimate of drug-likeness (QED) is 0.625. The Morgan fingerprint density at radius 3 is 2.57 bits per heavy atom. The first-order chi connectivity index (χ1) is 6.50. The van der Waals surface area contributed by atoms with Crippen LogP contribution in [0.5, 0.6) is 0 Å². The lowest BCUT2D eigenvalue weighted by molar-refractivity contribution is -0.691. The fourth-order valence-electron chi connectivity index (χ4n) is 1.17. The summed E-state index contributed by atoms with van der Waals surface area (Å²) >= 11 is 0. The Bertz CT molecular complexity index is 336. The number of carbonyl (C=O) groups is 2. The van der Waals surface area contributed by atoms with Crippen LogP contribution in [-0.2, 0) is 22.7 Å². The van der Waals surface area contributed by atoms with Crippen molar-refractivity contribution in [1.82, 2.24) is 4.57 Å². The lowest BCUT2D eigenvalue weighted by Gasteiger charge is -1.95. The van der Waals surface area contributed by atoms with E-state index in [-0.39, 0.29) is 13.1 Å². The molecule has 0 radical (unpaired) electrons. The van der Waals surface area contributed by atoms with Gasteiger partial charge in [-0.15, -0.1) is 0 Å². The van der Waals surface area contributed by atoms with Crippen molar-refractivity contribution in [3.05, 3.63) is 18.2 Å². The highest BCUT2D eigenvalue weighted by Crippen LogP contribution is 1.93. The molecule has 0 saturated carbocycles. The van der Waals surface area contributed by atoms with E-state index in [0.717, 1.165) is 0 Å². The molecule has 1 aromatic rings. The molecule has 0 unspecified atom stereocenters. The molecule has 1 rings (SSSR count). The van der Waals surface area contributed by atoms with Gasteiger partial charge in [-0.05, 0) is 0 Å². The van der Waals surface area contributed by atoms with Crippen LogP contribution >= 0.6 is 0 Å². The average Bonchev–Trinajstić information content (AvgIpc) is 2.34. The number of carboxylic acids is 2. The van der Waals surface area contributed by atoms with Gasteiger partial charge in [0.05, 0.1) is 0 Å². The first kappa shape index (κ1) is 10.2. The maximum atomic E-state index is 10.4. The van der Waals surface area contributed by atoms with E-state index in [1.807, 2.05) is 0 Å². The molecule has 76 valence electrons. The van der Waals surface area contributed by atoms with Crippen molar-refractivity contribution in [2.45, 2.75) is 20.0 Å². The topological polar surface area (TPSA) is 83.4 Å². The van der Waals surface area contributed by atoms with E-state index in [4.69, 9.17) is 10.2 Å². The van der Waals surface area contributed by atoms with Gasteiger partial charge in [0.15, 0.2) is 13.1 Å². The van der Waals surface area contributed by atoms with E-state index in [1.54, 1.807) is 19.3 Å². The second kappa shape index (κ2) is 3.91. The highest BCUT2D eigenvalue weighted by Gasteiger charge is 2.16. The van der Waals surface area contributed by atoms with E-state index in [9.17, 15) is 9.59 Å². The summed E-state index contributed by atoms with van der Waals surface area (Å²) < 4.78 is 2.95. The van der Waals surface area contributed by atoms with Gasteiger partial charge in [-0.2, -0.15) is 0 Å². The van der Waals surface area contributed by atoms with Gasteiger partial charge in [0.1, 0.15) is 12.4 Å². The predicted molar refractivity (Wildman–Crippen MR) is 44.6 cm³/mol. The fourth-order valence-corrected chi connectivity index (χ4v) is 1.17. The van der Waals surface area contributed by atoms with Crippen molar-refractivity contribution in [2.75, 3.05) is 0 Å². The lowest BCUT2D eigenvalue weighted by Crippen LogP contribution is -2.39. The molecule has 6 heteroatoms. The van der Waals surface area contributed by atoms with Gasteiger partial charge in [0, 0.05) is 6.92 Å². The lowest BCUT2D eigenvalue weighted by atomic mass is 10.5. The summed E-state index contributed by atoms with van der Waals surface area (Å²) in [6, 6.07) is 0. The van der Waals surface area contributed by atoms with Gasteiger partial charge in [0.2, 0.25) is 0 Å². The molecule has 0 aromatic carbocycles. The van der Waals surface area contributed by atoms with Crippen LogP contribution < -0.4 is 4.57 Å². The van der Waals surface area contributed by atoms with Crippen molar-refractivity contribution >= 4 is 11.9 Å². The molecule has 1 heterocycles. The van der Waals surface area contributed by atoms with Crippen molar-refractivity contribution in [2.24, 2.45) is 0 Å². The van der Waals surface area contributed by atoms with E-state index in [0.29, 0.717) is 5.82 Å². The van der Waals surface area contributed by atoms with Crippen molar-refractivity contribution in [3.8, 4) is 0 Å². The second-order valence-corrected chi connectivity index (χ2v) is 2.89. The third kappa shape index (κ3) is 2.32. The Morgan fingerprint density at radius 2 is 2.07 bits per heavy atom. The van der Waals surface area contributed by atoms with E-state index in [1.165, 1.54) is 9.13 Å². The SMILES string of the molecule is Cc1n(CC(=O)O)cc[n+]1CC(=O)O. The molecule has 1 aromatic heterocycles. The Morgan fingerprint density at radius 1 is 1.43 bits per heavy atom. The van der Waals surface area contributed by atoms with Crippen LogP contribution in [0.1, 0.15) is 5.82 Å². The van der Waals surface area contributed by atoms with Crippen LogP contribution in [-0.4, -0.2) is 26.7 Å². The van der Waals surface area contributed by atoms with Crippen molar-refractivity contribution in [3.63, 3.8) is 0 Å². The molecule has 0 aliphatic carbocycles. The molecular weight excluding hydrogens is 188 g/mol. The Hall–Kier alpha value is -1.85. The largest absolute Gasteiger partial charge is 0.478 e. The first-order valence-corrected chi connectivity index (χ1v) is 3.99. The van der Waals surface area contributed by atoms with Gasteiger partial charge in [-0.25, -0.2) is 18.7 Å². The molecule has 0 bridgehead atoms. The smallest absolute Gasteiger partial charge is 0.346 e. The van der Waals surface area contributed by atoms with E-state index in [2.05, 4.69) is 0 Å². The number of carboxylic acid groups (broad SMARTS) is 2. The zero-order valence-corrected chi connectivity index (χ0v) is 7.67. The van der Waals surface area contributed by atoms with Gasteiger partial charge >= 0.3 is 11.9 Å². The van der Waals surface area contributed by atoms with Crippen LogP contribution in [0.3, 0.4) is 0 Å². The Balaban J connectivity index is 2.85. The number of hydrogen-bond donors (Lipinski definition) is 2. The summed E-state index contributed by atoms with van der Waals surface area (Å²) in [5.41, 5.74) is 0. The normalized spacial score (nSPS) is 10.1. The zero-order valence-electron chi connectivity index (χ0n) is 7.67. The highest BCUT2D eigenvalue weighted by atomic mass is 16.4. The van der Waals surface area contributed by atoms with Gasteiger partial charge in [0.25, 0.3) is 5.82 Å². The van der Waals surface area contributed by atoms with E-state index < -0.39 is 11.9 Å². The first-order valence-electron chi connectivity index (χ1n) is 3.99. The third-order valence-electron chi connectivity index (χ3n) is 1.87. The number of rotatable bonds is 4. The van der Waals surface area contributed by atoms with Crippen LogP contribution in [0.15, 0.2) is 12.4 Å². The molecule has 0 atom stereocenters. The molecule has 0 saturated heterocycles. The number of nitrogens with zero attached hydrogens (tertiary/aromatic N) is 2. The fraction of sp³-hybridized carbons (Fsp3) is 0.375. The van der Waals surface area contributed by atoms with E-state index >= 15 is 0 Å². The zero-order chi connectivity index (χ0) is 10.7. The summed E-state index contributed by atoms with van der Waals surface area (Å²) in [4.78, 5) is 20.8. The van der Waals surface area contributed by atoms with Crippen LogP contribution in [0.25, 0.3) is 0 Å². The molecule has 0 aliphatic rings. The molecule has 6 nitrogen and oxygen atoms in total. The molecule has 0 amide bonds. The van der Waals surface area contributed by atoms with Gasteiger partial charge in [-0.3, -0.25) is 0 Å². The maximum Gasteiger partial charge on any atom is 0.346 e. The third-order valence-corrected chi connectivity index (χ3v) is 1.87. The molecule has 0 spiro atoms. The molecule has 2 N–H and O–H groups in total. The summed E-state index contributed by atoms with van der Waals surface area (Å²) in [7, 11) is 0. The Labute approximate surface area is 80.0 Å². The summed E-state index contributed by atoms with van der Waals surface area (Å²) in [6.07, 6.45) is 3.10. The summed E-state index contributed by atoms with van der Waals surface area (Å²) in [6.45, 7) is 1.36. The Kier molecular flexibility index (Phi) is 2.85. The highest BCUT2D eigenvalue weighted by molar-refractivity contribution is 5.66. The standard InChI is InChI=1S/C8H10N2O4/c1-6-9(4-7(11)12)2-3-10(6)5-8(13)14/h2-3H,4-5H2,1H3,(H-,11,12,13,14)/p+1. The number of imidazole rings is 1. The van der Waals surface area contributed by atoms with Crippen LogP contribution in [0.2, 0.25) is 0 Å². The summed E-state index contributed by atoms with van der Waals surface area (Å²) in [5, 5.41) is 17.1. The maximum absolute atomic E-state index is 10.4. The minimum absolute atomic E-state index is 0.154. The monoisotopic (exact) mass is 199 g/mol. The molecule has 0 fully saturated rings. The summed E-state index contributed by atoms with van der Waals surface area (Å²) in [5.74, 6) is -1.30. The van der Waals surface area contributed by atoms with Crippen molar-refractivity contribution in [1.29, 1.82) is 0 Å². The number of hydrogen-bond acceptors (Lipinski definition) is 2. The predicted octanol–water partition coefficient (Wildman–Crippen LogP) is -0.747.